The molecule has 2 aliphatic heterocycles. The first-order chi connectivity index (χ1) is 20.4. The first kappa shape index (κ1) is 30.5. The summed E-state index contributed by atoms with van der Waals surface area (Å²) in [5, 5.41) is 7.08. The topological polar surface area (TPSA) is 91.0 Å². The van der Waals surface area contributed by atoms with Gasteiger partial charge in [0.15, 0.2) is 0 Å². The van der Waals surface area contributed by atoms with Crippen LogP contribution < -0.4 is 10.6 Å². The quantitative estimate of drug-likeness (QED) is 0.430. The van der Waals surface area contributed by atoms with Crippen molar-refractivity contribution in [3.8, 4) is 0 Å². The highest BCUT2D eigenvalue weighted by Gasteiger charge is 2.36. The number of esters is 1. The molecule has 5 rings (SSSR count). The van der Waals surface area contributed by atoms with Gasteiger partial charge in [-0.05, 0) is 60.9 Å². The second-order valence-electron chi connectivity index (χ2n) is 11.8. The number of amides is 2. The normalized spacial score (nSPS) is 23.5. The fraction of sp³-hybridized carbons (Fsp3) is 0.545. The summed E-state index contributed by atoms with van der Waals surface area (Å²) in [6.07, 6.45) is 5.88. The first-order valence-electron chi connectivity index (χ1n) is 15.4. The molecule has 0 aromatic heterocycles. The molecule has 42 heavy (non-hydrogen) atoms. The third-order valence-electron chi connectivity index (χ3n) is 9.06. The van der Waals surface area contributed by atoms with Gasteiger partial charge >= 0.3 is 5.97 Å². The molecule has 2 N–H and O–H groups in total. The predicted octanol–water partition coefficient (Wildman–Crippen LogP) is 3.74. The van der Waals surface area contributed by atoms with E-state index in [-0.39, 0.29) is 23.8 Å². The highest BCUT2D eigenvalue weighted by atomic mass is 35.5. The van der Waals surface area contributed by atoms with Crippen LogP contribution in [0, 0.1) is 5.92 Å². The van der Waals surface area contributed by atoms with Crippen molar-refractivity contribution >= 4 is 29.4 Å². The number of rotatable bonds is 9. The van der Waals surface area contributed by atoms with Crippen molar-refractivity contribution in [2.24, 2.45) is 5.92 Å². The molecule has 2 heterocycles. The molecule has 3 aliphatic rings. The number of carbonyl (C=O) groups is 3. The van der Waals surface area contributed by atoms with Crippen molar-refractivity contribution in [3.63, 3.8) is 0 Å². The summed E-state index contributed by atoms with van der Waals surface area (Å²) in [7, 11) is 0. The van der Waals surface area contributed by atoms with Crippen LogP contribution >= 0.6 is 11.6 Å². The number of piperazine rings is 1. The zero-order valence-electron chi connectivity index (χ0n) is 24.5. The zero-order chi connectivity index (χ0) is 29.5. The molecule has 0 bridgehead atoms. The fourth-order valence-electron chi connectivity index (χ4n) is 6.80. The van der Waals surface area contributed by atoms with E-state index in [9.17, 15) is 14.4 Å². The lowest BCUT2D eigenvalue weighted by molar-refractivity contribution is -0.145. The number of benzene rings is 2. The van der Waals surface area contributed by atoms with E-state index in [0.29, 0.717) is 62.5 Å². The Balaban J connectivity index is 1.23. The number of ether oxygens (including phenoxy) is 1. The number of carbonyl (C=O) groups excluding carboxylic acids is 3. The summed E-state index contributed by atoms with van der Waals surface area (Å²) in [6.45, 7) is 5.61. The maximum absolute atomic E-state index is 13.9. The lowest BCUT2D eigenvalue weighted by Gasteiger charge is -2.44. The molecule has 226 valence electrons. The van der Waals surface area contributed by atoms with Gasteiger partial charge < -0.3 is 20.3 Å². The average molecular weight is 595 g/mol. The number of fused-ring (bicyclic) bond motifs is 1. The van der Waals surface area contributed by atoms with Gasteiger partial charge in [-0.2, -0.15) is 0 Å². The second kappa shape index (κ2) is 14.5. The van der Waals surface area contributed by atoms with Crippen LogP contribution in [-0.2, 0) is 38.5 Å². The molecule has 1 saturated carbocycles. The molecule has 0 radical (unpaired) electrons. The minimum atomic E-state index is -0.671. The first-order valence-corrected chi connectivity index (χ1v) is 15.8. The summed E-state index contributed by atoms with van der Waals surface area (Å²) in [5.41, 5.74) is 3.32. The van der Waals surface area contributed by atoms with Crippen molar-refractivity contribution in [1.82, 2.24) is 20.4 Å². The Morgan fingerprint density at radius 1 is 1.00 bits per heavy atom. The molecule has 4 atom stereocenters. The third kappa shape index (κ3) is 7.71. The Bertz CT molecular complexity index is 1230. The molecule has 3 unspecified atom stereocenters. The van der Waals surface area contributed by atoms with Crippen LogP contribution in [0.1, 0.15) is 55.7 Å². The standard InChI is InChI=1S/C33H43ClN4O4/c1-2-42-31(39)21-25-8-5-6-10-30(25)37-15-17-38(18-16-37)33(41)29(19-23-11-13-27(34)14-12-23)36-32(40)28-20-24-7-3-4-9-26(24)22-35-28/h3-4,7,9,11-14,25,28-30,35H,2,5-6,8,10,15-22H2,1H3,(H,36,40)/t25?,28?,29-,30?/m0/s1. The molecule has 1 saturated heterocycles. The fourth-order valence-corrected chi connectivity index (χ4v) is 6.93. The Kier molecular flexibility index (Phi) is 10.5. The van der Waals surface area contributed by atoms with Crippen molar-refractivity contribution < 1.29 is 19.1 Å². The van der Waals surface area contributed by atoms with Gasteiger partial charge in [0.05, 0.1) is 12.6 Å². The number of halogens is 1. The molecule has 2 aromatic carbocycles. The molecular formula is C33H43ClN4O4. The lowest BCUT2D eigenvalue weighted by atomic mass is 9.81. The monoisotopic (exact) mass is 594 g/mol. The van der Waals surface area contributed by atoms with Crippen molar-refractivity contribution in [2.75, 3.05) is 32.8 Å². The van der Waals surface area contributed by atoms with E-state index < -0.39 is 6.04 Å². The number of hydrogen-bond acceptors (Lipinski definition) is 6. The van der Waals surface area contributed by atoms with Gasteiger partial charge in [-0.25, -0.2) is 0 Å². The molecule has 8 nitrogen and oxygen atoms in total. The highest BCUT2D eigenvalue weighted by Crippen LogP contribution is 2.32. The summed E-state index contributed by atoms with van der Waals surface area (Å²) < 4.78 is 5.25. The number of nitrogens with zero attached hydrogens (tertiary/aromatic N) is 2. The zero-order valence-corrected chi connectivity index (χ0v) is 25.3. The van der Waals surface area contributed by atoms with Gasteiger partial charge in [0.2, 0.25) is 11.8 Å². The minimum absolute atomic E-state index is 0.0547. The van der Waals surface area contributed by atoms with E-state index >= 15 is 0 Å². The summed E-state index contributed by atoms with van der Waals surface area (Å²) in [6, 6.07) is 14.9. The largest absolute Gasteiger partial charge is 0.466 e. The third-order valence-corrected chi connectivity index (χ3v) is 9.32. The van der Waals surface area contributed by atoms with E-state index in [0.717, 1.165) is 49.9 Å². The maximum atomic E-state index is 13.9. The van der Waals surface area contributed by atoms with Crippen LogP contribution in [0.5, 0.6) is 0 Å². The van der Waals surface area contributed by atoms with Crippen LogP contribution in [0.3, 0.4) is 0 Å². The highest BCUT2D eigenvalue weighted by molar-refractivity contribution is 6.30. The van der Waals surface area contributed by atoms with Crippen LogP contribution in [-0.4, -0.2) is 78.5 Å². The molecule has 2 amide bonds. The average Bonchev–Trinajstić information content (AvgIpc) is 3.01. The minimum Gasteiger partial charge on any atom is -0.466 e. The SMILES string of the molecule is CCOC(=O)CC1CCCCC1N1CCN(C(=O)[C@H](Cc2ccc(Cl)cc2)NC(=O)C2Cc3ccccc3CN2)CC1. The predicted molar refractivity (Wildman–Crippen MR) is 163 cm³/mol. The molecule has 0 spiro atoms. The van der Waals surface area contributed by atoms with Gasteiger partial charge in [0, 0.05) is 56.6 Å². The second-order valence-corrected chi connectivity index (χ2v) is 12.2. The Morgan fingerprint density at radius 3 is 2.45 bits per heavy atom. The number of nitrogens with one attached hydrogen (secondary N) is 2. The van der Waals surface area contributed by atoms with Crippen LogP contribution in [0.15, 0.2) is 48.5 Å². The smallest absolute Gasteiger partial charge is 0.306 e. The lowest BCUT2D eigenvalue weighted by Crippen LogP contribution is -2.59. The molecule has 1 aliphatic carbocycles. The van der Waals surface area contributed by atoms with E-state index in [4.69, 9.17) is 16.3 Å². The molecule has 9 heteroatoms. The Hall–Kier alpha value is -2.94. The maximum Gasteiger partial charge on any atom is 0.306 e. The molecule has 2 fully saturated rings. The molecule has 2 aromatic rings. The van der Waals surface area contributed by atoms with E-state index in [1.54, 1.807) is 0 Å². The van der Waals surface area contributed by atoms with E-state index in [1.807, 2.05) is 48.2 Å². The van der Waals surface area contributed by atoms with Crippen molar-refractivity contribution in [3.05, 3.63) is 70.2 Å². The van der Waals surface area contributed by atoms with Crippen molar-refractivity contribution in [2.45, 2.75) is 76.5 Å². The van der Waals surface area contributed by atoms with Gasteiger partial charge in [0.1, 0.15) is 6.04 Å². The number of hydrogen-bond donors (Lipinski definition) is 2. The van der Waals surface area contributed by atoms with Crippen LogP contribution in [0.25, 0.3) is 0 Å². The van der Waals surface area contributed by atoms with Gasteiger partial charge in [-0.15, -0.1) is 0 Å². The van der Waals surface area contributed by atoms with E-state index in [2.05, 4.69) is 27.7 Å². The summed E-state index contributed by atoms with van der Waals surface area (Å²) in [5.74, 6) is -0.0228. The van der Waals surface area contributed by atoms with Gasteiger partial charge in [0.25, 0.3) is 0 Å². The van der Waals surface area contributed by atoms with Gasteiger partial charge in [-0.1, -0.05) is 60.8 Å². The summed E-state index contributed by atoms with van der Waals surface area (Å²) in [4.78, 5) is 44.0. The summed E-state index contributed by atoms with van der Waals surface area (Å²) >= 11 is 6.11. The van der Waals surface area contributed by atoms with Crippen LogP contribution in [0.4, 0.5) is 0 Å². The van der Waals surface area contributed by atoms with Crippen LogP contribution in [0.2, 0.25) is 5.02 Å². The van der Waals surface area contributed by atoms with E-state index in [1.165, 1.54) is 5.56 Å². The Morgan fingerprint density at radius 2 is 1.71 bits per heavy atom. The van der Waals surface area contributed by atoms with Crippen molar-refractivity contribution in [1.29, 1.82) is 0 Å². The van der Waals surface area contributed by atoms with Gasteiger partial charge in [-0.3, -0.25) is 19.3 Å². The molecular weight excluding hydrogens is 552 g/mol. The Labute approximate surface area is 254 Å².